The molecular weight excluding hydrogens is 300 g/mol. The zero-order chi connectivity index (χ0) is 16.3. The third-order valence-corrected chi connectivity index (χ3v) is 4.04. The summed E-state index contributed by atoms with van der Waals surface area (Å²) in [5.74, 6) is -0.701. The molecule has 0 aliphatic carbocycles. The van der Waals surface area contributed by atoms with Crippen molar-refractivity contribution >= 4 is 23.2 Å². The predicted octanol–water partition coefficient (Wildman–Crippen LogP) is 1.79. The molecule has 0 aliphatic heterocycles. The van der Waals surface area contributed by atoms with Crippen LogP contribution in [0.15, 0.2) is 17.6 Å². The number of nitrogens with two attached hydrogens (primary N) is 1. The van der Waals surface area contributed by atoms with Crippen molar-refractivity contribution in [2.75, 3.05) is 13.1 Å². The lowest BCUT2D eigenvalue weighted by atomic mass is 10.2. The minimum absolute atomic E-state index is 0.0665. The van der Waals surface area contributed by atoms with E-state index in [9.17, 15) is 9.59 Å². The summed E-state index contributed by atoms with van der Waals surface area (Å²) in [5.41, 5.74) is 7.50. The fourth-order valence-corrected chi connectivity index (χ4v) is 2.91. The molecule has 118 valence electrons. The van der Waals surface area contributed by atoms with E-state index in [1.807, 2.05) is 32.5 Å². The van der Waals surface area contributed by atoms with Crippen LogP contribution in [0, 0.1) is 6.92 Å². The molecule has 0 saturated carbocycles. The first-order valence-corrected chi connectivity index (χ1v) is 7.96. The van der Waals surface area contributed by atoms with E-state index in [0.717, 1.165) is 22.7 Å². The predicted molar refractivity (Wildman–Crippen MR) is 86.6 cm³/mol. The number of carbonyl (C=O) groups excluding carboxylic acids is 2. The van der Waals surface area contributed by atoms with E-state index in [1.54, 1.807) is 22.0 Å². The van der Waals surface area contributed by atoms with Crippen molar-refractivity contribution in [3.05, 3.63) is 28.3 Å². The van der Waals surface area contributed by atoms with E-state index in [2.05, 4.69) is 4.98 Å². The third-order valence-electron chi connectivity index (χ3n) is 3.27. The quantitative estimate of drug-likeness (QED) is 0.881. The summed E-state index contributed by atoms with van der Waals surface area (Å²) in [7, 11) is 1.81. The first-order chi connectivity index (χ1) is 10.4. The van der Waals surface area contributed by atoms with Crippen LogP contribution in [-0.2, 0) is 11.8 Å². The Morgan fingerprint density at radius 3 is 2.73 bits per heavy atom. The lowest BCUT2D eigenvalue weighted by molar-refractivity contribution is -0.118. The van der Waals surface area contributed by atoms with Gasteiger partial charge in [0.25, 0.3) is 5.91 Å². The van der Waals surface area contributed by atoms with Crippen molar-refractivity contribution in [2.45, 2.75) is 20.3 Å². The molecule has 0 radical (unpaired) electrons. The number of aryl methyl sites for hydroxylation is 2. The molecule has 0 aliphatic rings. The van der Waals surface area contributed by atoms with E-state index in [-0.39, 0.29) is 12.5 Å². The third kappa shape index (κ3) is 3.54. The van der Waals surface area contributed by atoms with Gasteiger partial charge in [-0.3, -0.25) is 9.59 Å². The molecular formula is C15H20N4O2S. The van der Waals surface area contributed by atoms with E-state index in [0.29, 0.717) is 12.2 Å². The highest BCUT2D eigenvalue weighted by Gasteiger charge is 2.21. The highest BCUT2D eigenvalue weighted by Crippen LogP contribution is 2.24. The van der Waals surface area contributed by atoms with Crippen molar-refractivity contribution in [3.63, 3.8) is 0 Å². The van der Waals surface area contributed by atoms with Gasteiger partial charge in [-0.05, 0) is 19.4 Å². The van der Waals surface area contributed by atoms with Crippen molar-refractivity contribution in [1.29, 1.82) is 0 Å². The molecule has 0 spiro atoms. The Hall–Kier alpha value is -2.15. The Balaban J connectivity index is 2.29. The summed E-state index contributed by atoms with van der Waals surface area (Å²) >= 11 is 1.57. The molecule has 22 heavy (non-hydrogen) atoms. The molecule has 2 heterocycles. The van der Waals surface area contributed by atoms with Crippen LogP contribution in [0.1, 0.15) is 28.8 Å². The smallest absolute Gasteiger partial charge is 0.270 e. The number of hydrogen-bond acceptors (Lipinski definition) is 4. The number of primary amides is 1. The second-order valence-electron chi connectivity index (χ2n) is 5.17. The second kappa shape index (κ2) is 6.74. The van der Waals surface area contributed by atoms with Gasteiger partial charge in [0.15, 0.2) is 0 Å². The van der Waals surface area contributed by atoms with Gasteiger partial charge in [-0.2, -0.15) is 0 Å². The van der Waals surface area contributed by atoms with Gasteiger partial charge in [0.2, 0.25) is 5.91 Å². The first kappa shape index (κ1) is 16.2. The monoisotopic (exact) mass is 320 g/mol. The van der Waals surface area contributed by atoms with Gasteiger partial charge >= 0.3 is 0 Å². The molecule has 2 aromatic heterocycles. The zero-order valence-electron chi connectivity index (χ0n) is 13.0. The van der Waals surface area contributed by atoms with Crippen LogP contribution in [0.3, 0.4) is 0 Å². The maximum Gasteiger partial charge on any atom is 0.270 e. The number of thiazole rings is 1. The van der Waals surface area contributed by atoms with Gasteiger partial charge in [-0.25, -0.2) is 4.98 Å². The van der Waals surface area contributed by atoms with E-state index in [1.165, 1.54) is 4.90 Å². The minimum Gasteiger partial charge on any atom is -0.368 e. The van der Waals surface area contributed by atoms with Gasteiger partial charge in [0.05, 0.1) is 17.2 Å². The van der Waals surface area contributed by atoms with Crippen LogP contribution in [0.5, 0.6) is 0 Å². The molecule has 2 aromatic rings. The molecule has 0 atom stereocenters. The van der Waals surface area contributed by atoms with Crippen molar-refractivity contribution in [2.24, 2.45) is 12.8 Å². The maximum atomic E-state index is 12.6. The van der Waals surface area contributed by atoms with Gasteiger partial charge in [0.1, 0.15) is 5.69 Å². The van der Waals surface area contributed by atoms with E-state index >= 15 is 0 Å². The summed E-state index contributed by atoms with van der Waals surface area (Å²) in [6.07, 6.45) is 2.64. The average molecular weight is 320 g/mol. The minimum atomic E-state index is -0.508. The van der Waals surface area contributed by atoms with Crippen molar-refractivity contribution in [1.82, 2.24) is 14.5 Å². The first-order valence-electron chi connectivity index (χ1n) is 7.08. The highest BCUT2D eigenvalue weighted by molar-refractivity contribution is 7.09. The van der Waals surface area contributed by atoms with Crippen LogP contribution in [0.4, 0.5) is 0 Å². The standard InChI is InChI=1S/C15H20N4O2S/c1-4-5-19(8-14(16)20)15(21)13-6-11(7-18(13)3)12-9-22-10(2)17-12/h6-7,9H,4-5,8H2,1-3H3,(H2,16,20). The summed E-state index contributed by atoms with van der Waals surface area (Å²) in [6, 6.07) is 1.81. The zero-order valence-corrected chi connectivity index (χ0v) is 13.8. The van der Waals surface area contributed by atoms with Crippen molar-refractivity contribution in [3.8, 4) is 11.3 Å². The topological polar surface area (TPSA) is 81.2 Å². The largest absolute Gasteiger partial charge is 0.368 e. The van der Waals surface area contributed by atoms with E-state index in [4.69, 9.17) is 5.73 Å². The molecule has 0 unspecified atom stereocenters. The van der Waals surface area contributed by atoms with Gasteiger partial charge in [-0.1, -0.05) is 6.92 Å². The average Bonchev–Trinajstić information content (AvgIpc) is 3.03. The maximum absolute atomic E-state index is 12.6. The Kier molecular flexibility index (Phi) is 4.97. The Morgan fingerprint density at radius 1 is 1.45 bits per heavy atom. The molecule has 0 fully saturated rings. The SMILES string of the molecule is CCCN(CC(N)=O)C(=O)c1cc(-c2csc(C)n2)cn1C. The highest BCUT2D eigenvalue weighted by atomic mass is 32.1. The number of carbonyl (C=O) groups is 2. The Labute approximate surface area is 133 Å². The van der Waals surface area contributed by atoms with Crippen LogP contribution in [0.2, 0.25) is 0 Å². The molecule has 2 N–H and O–H groups in total. The normalized spacial score (nSPS) is 10.7. The number of rotatable bonds is 6. The number of hydrogen-bond donors (Lipinski definition) is 1. The molecule has 0 aromatic carbocycles. The second-order valence-corrected chi connectivity index (χ2v) is 6.23. The lowest BCUT2D eigenvalue weighted by Gasteiger charge is -2.20. The van der Waals surface area contributed by atoms with Crippen LogP contribution in [-0.4, -0.2) is 39.4 Å². The van der Waals surface area contributed by atoms with Gasteiger partial charge < -0.3 is 15.2 Å². The molecule has 2 rings (SSSR count). The molecule has 2 amide bonds. The lowest BCUT2D eigenvalue weighted by Crippen LogP contribution is -2.39. The summed E-state index contributed by atoms with van der Waals surface area (Å²) in [4.78, 5) is 29.7. The molecule has 0 bridgehead atoms. The summed E-state index contributed by atoms with van der Waals surface area (Å²) in [6.45, 7) is 4.33. The molecule has 0 saturated heterocycles. The number of amides is 2. The fraction of sp³-hybridized carbons (Fsp3) is 0.400. The summed E-state index contributed by atoms with van der Waals surface area (Å²) in [5, 5.41) is 2.94. The van der Waals surface area contributed by atoms with Crippen LogP contribution in [0.25, 0.3) is 11.3 Å². The van der Waals surface area contributed by atoms with Gasteiger partial charge in [-0.15, -0.1) is 11.3 Å². The van der Waals surface area contributed by atoms with E-state index < -0.39 is 5.91 Å². The molecule has 6 nitrogen and oxygen atoms in total. The van der Waals surface area contributed by atoms with Crippen molar-refractivity contribution < 1.29 is 9.59 Å². The number of aromatic nitrogens is 2. The Morgan fingerprint density at radius 2 is 2.18 bits per heavy atom. The Bertz CT molecular complexity index is 690. The van der Waals surface area contributed by atoms with Crippen LogP contribution >= 0.6 is 11.3 Å². The van der Waals surface area contributed by atoms with Gasteiger partial charge in [0, 0.05) is 30.7 Å². The fourth-order valence-electron chi connectivity index (χ4n) is 2.29. The molecule has 7 heteroatoms. The van der Waals surface area contributed by atoms with Crippen LogP contribution < -0.4 is 5.73 Å². The summed E-state index contributed by atoms with van der Waals surface area (Å²) < 4.78 is 1.76. The number of nitrogens with zero attached hydrogens (tertiary/aromatic N) is 3.